The normalized spacial score (nSPS) is 15.8. The minimum absolute atomic E-state index is 0.00551. The van der Waals surface area contributed by atoms with Crippen molar-refractivity contribution in [2.45, 2.75) is 26.3 Å². The predicted octanol–water partition coefficient (Wildman–Crippen LogP) is 3.26. The Hall–Kier alpha value is -2.37. The fourth-order valence-corrected chi connectivity index (χ4v) is 3.24. The number of carbonyl (C=O) groups is 1. The summed E-state index contributed by atoms with van der Waals surface area (Å²) >= 11 is 0. The molecule has 28 heavy (non-hydrogen) atoms. The minimum Gasteiger partial charge on any atom is -0.493 e. The van der Waals surface area contributed by atoms with E-state index < -0.39 is 0 Å². The zero-order valence-corrected chi connectivity index (χ0v) is 16.8. The van der Waals surface area contributed by atoms with Gasteiger partial charge in [-0.05, 0) is 31.5 Å². The largest absolute Gasteiger partial charge is 0.493 e. The maximum Gasteiger partial charge on any atom is 0.223 e. The average Bonchev–Trinajstić information content (AvgIpc) is 2.70. The van der Waals surface area contributed by atoms with Gasteiger partial charge in [0, 0.05) is 19.6 Å². The van der Waals surface area contributed by atoms with E-state index in [9.17, 15) is 4.79 Å². The van der Waals surface area contributed by atoms with Crippen LogP contribution in [-0.2, 0) is 9.53 Å². The fraction of sp³-hybridized carbons (Fsp3) is 0.435. The van der Waals surface area contributed by atoms with Crippen LogP contribution in [0.25, 0.3) is 0 Å². The molecular weight excluding hydrogens is 352 g/mol. The molecular formula is C23H30N2O3. The van der Waals surface area contributed by atoms with Gasteiger partial charge >= 0.3 is 0 Å². The van der Waals surface area contributed by atoms with Gasteiger partial charge in [0.2, 0.25) is 5.91 Å². The van der Waals surface area contributed by atoms with Crippen molar-refractivity contribution in [3.05, 3.63) is 65.2 Å². The second-order valence-corrected chi connectivity index (χ2v) is 7.36. The zero-order valence-electron chi connectivity index (χ0n) is 16.8. The summed E-state index contributed by atoms with van der Waals surface area (Å²) in [6, 6.07) is 16.2. The Kier molecular flexibility index (Phi) is 7.46. The third-order valence-electron chi connectivity index (χ3n) is 4.98. The van der Waals surface area contributed by atoms with E-state index in [4.69, 9.17) is 9.47 Å². The van der Waals surface area contributed by atoms with Crippen molar-refractivity contribution in [2.75, 3.05) is 39.5 Å². The molecule has 0 bridgehead atoms. The van der Waals surface area contributed by atoms with Gasteiger partial charge in [-0.1, -0.05) is 47.5 Å². The Bertz CT molecular complexity index is 737. The van der Waals surface area contributed by atoms with Gasteiger partial charge in [-0.2, -0.15) is 0 Å². The first kappa shape index (κ1) is 20.4. The molecule has 1 amide bonds. The highest BCUT2D eigenvalue weighted by Gasteiger charge is 2.20. The summed E-state index contributed by atoms with van der Waals surface area (Å²) in [5, 5.41) is 3.19. The molecule has 0 aromatic heterocycles. The standard InChI is InChI=1S/C23H30N2O3/c1-18-3-7-20(8-4-18)22(17-25-12-15-27-16-13-25)24-23(26)11-14-28-21-9-5-19(2)6-10-21/h3-10,22H,11-17H2,1-2H3,(H,24,26)/t22-/m1/s1. The Labute approximate surface area is 167 Å². The van der Waals surface area contributed by atoms with Crippen LogP contribution in [0, 0.1) is 13.8 Å². The topological polar surface area (TPSA) is 50.8 Å². The first-order valence-electron chi connectivity index (χ1n) is 9.95. The Balaban J connectivity index is 1.55. The van der Waals surface area contributed by atoms with Crippen LogP contribution in [0.2, 0.25) is 0 Å². The smallest absolute Gasteiger partial charge is 0.223 e. The highest BCUT2D eigenvalue weighted by atomic mass is 16.5. The quantitative estimate of drug-likeness (QED) is 0.761. The number of ether oxygens (including phenoxy) is 2. The van der Waals surface area contributed by atoms with E-state index in [2.05, 4.69) is 41.4 Å². The van der Waals surface area contributed by atoms with E-state index in [-0.39, 0.29) is 11.9 Å². The number of nitrogens with zero attached hydrogens (tertiary/aromatic N) is 1. The van der Waals surface area contributed by atoms with Gasteiger partial charge in [-0.25, -0.2) is 0 Å². The molecule has 2 aromatic carbocycles. The predicted molar refractivity (Wildman–Crippen MR) is 111 cm³/mol. The first-order chi connectivity index (χ1) is 13.6. The van der Waals surface area contributed by atoms with E-state index in [1.54, 1.807) is 0 Å². The molecule has 1 saturated heterocycles. The number of hydrogen-bond acceptors (Lipinski definition) is 4. The van der Waals surface area contributed by atoms with Crippen LogP contribution < -0.4 is 10.1 Å². The molecule has 2 aromatic rings. The number of aryl methyl sites for hydroxylation is 2. The van der Waals surface area contributed by atoms with Crippen molar-refractivity contribution >= 4 is 5.91 Å². The van der Waals surface area contributed by atoms with Crippen LogP contribution >= 0.6 is 0 Å². The van der Waals surface area contributed by atoms with Gasteiger partial charge in [0.05, 0.1) is 32.3 Å². The summed E-state index contributed by atoms with van der Waals surface area (Å²) in [6.45, 7) is 8.56. The minimum atomic E-state index is -0.0365. The van der Waals surface area contributed by atoms with Crippen LogP contribution in [0.5, 0.6) is 5.75 Å². The molecule has 0 radical (unpaired) electrons. The van der Waals surface area contributed by atoms with Gasteiger partial charge in [-0.15, -0.1) is 0 Å². The van der Waals surface area contributed by atoms with Gasteiger partial charge in [0.1, 0.15) is 5.75 Å². The van der Waals surface area contributed by atoms with Crippen molar-refractivity contribution in [3.63, 3.8) is 0 Å². The van der Waals surface area contributed by atoms with E-state index in [0.717, 1.165) is 44.2 Å². The second kappa shape index (κ2) is 10.2. The first-order valence-corrected chi connectivity index (χ1v) is 9.95. The molecule has 5 nitrogen and oxygen atoms in total. The number of rotatable bonds is 8. The maximum absolute atomic E-state index is 12.5. The molecule has 1 aliphatic rings. The third-order valence-corrected chi connectivity index (χ3v) is 4.98. The second-order valence-electron chi connectivity index (χ2n) is 7.36. The van der Waals surface area contributed by atoms with E-state index in [1.165, 1.54) is 11.1 Å². The molecule has 0 unspecified atom stereocenters. The summed E-state index contributed by atoms with van der Waals surface area (Å²) in [7, 11) is 0. The van der Waals surface area contributed by atoms with Crippen molar-refractivity contribution in [3.8, 4) is 5.75 Å². The zero-order chi connectivity index (χ0) is 19.8. The number of carbonyl (C=O) groups excluding carboxylic acids is 1. The molecule has 0 aliphatic carbocycles. The SMILES string of the molecule is Cc1ccc(OCCC(=O)N[C@H](CN2CCOCC2)c2ccc(C)cc2)cc1. The highest BCUT2D eigenvalue weighted by Crippen LogP contribution is 2.17. The summed E-state index contributed by atoms with van der Waals surface area (Å²) in [5.74, 6) is 0.799. The number of amides is 1. The highest BCUT2D eigenvalue weighted by molar-refractivity contribution is 5.76. The van der Waals surface area contributed by atoms with Crippen molar-refractivity contribution in [1.82, 2.24) is 10.2 Å². The van der Waals surface area contributed by atoms with E-state index >= 15 is 0 Å². The molecule has 1 fully saturated rings. The number of benzene rings is 2. The molecule has 150 valence electrons. The summed E-state index contributed by atoms with van der Waals surface area (Å²) in [4.78, 5) is 14.9. The average molecular weight is 383 g/mol. The molecule has 1 N–H and O–H groups in total. The van der Waals surface area contributed by atoms with Crippen molar-refractivity contribution in [2.24, 2.45) is 0 Å². The lowest BCUT2D eigenvalue weighted by Gasteiger charge is -2.31. The lowest BCUT2D eigenvalue weighted by Crippen LogP contribution is -2.43. The summed E-state index contributed by atoms with van der Waals surface area (Å²) in [6.07, 6.45) is 0.333. The number of nitrogens with one attached hydrogen (secondary N) is 1. The third kappa shape index (κ3) is 6.36. The molecule has 3 rings (SSSR count). The molecule has 1 aliphatic heterocycles. The molecule has 1 atom stereocenters. The van der Waals surface area contributed by atoms with Crippen molar-refractivity contribution in [1.29, 1.82) is 0 Å². The van der Waals surface area contributed by atoms with Crippen LogP contribution in [0.3, 0.4) is 0 Å². The lowest BCUT2D eigenvalue weighted by atomic mass is 10.0. The Morgan fingerprint density at radius 1 is 1.04 bits per heavy atom. The Morgan fingerprint density at radius 2 is 1.64 bits per heavy atom. The van der Waals surface area contributed by atoms with Crippen LogP contribution in [0.4, 0.5) is 0 Å². The van der Waals surface area contributed by atoms with Crippen molar-refractivity contribution < 1.29 is 14.3 Å². The molecule has 0 spiro atoms. The van der Waals surface area contributed by atoms with E-state index in [0.29, 0.717) is 13.0 Å². The Morgan fingerprint density at radius 3 is 2.29 bits per heavy atom. The summed E-state index contributed by atoms with van der Waals surface area (Å²) < 4.78 is 11.1. The number of morpholine rings is 1. The molecule has 1 heterocycles. The van der Waals surface area contributed by atoms with Gasteiger partial charge in [-0.3, -0.25) is 9.69 Å². The number of hydrogen-bond donors (Lipinski definition) is 1. The van der Waals surface area contributed by atoms with Crippen LogP contribution in [0.15, 0.2) is 48.5 Å². The monoisotopic (exact) mass is 382 g/mol. The lowest BCUT2D eigenvalue weighted by molar-refractivity contribution is -0.122. The fourth-order valence-electron chi connectivity index (χ4n) is 3.24. The van der Waals surface area contributed by atoms with E-state index in [1.807, 2.05) is 31.2 Å². The van der Waals surface area contributed by atoms with Crippen LogP contribution in [0.1, 0.15) is 29.2 Å². The van der Waals surface area contributed by atoms with Gasteiger partial charge in [0.25, 0.3) is 0 Å². The van der Waals surface area contributed by atoms with Crippen LogP contribution in [-0.4, -0.2) is 50.3 Å². The van der Waals surface area contributed by atoms with Gasteiger partial charge in [0.15, 0.2) is 0 Å². The summed E-state index contributed by atoms with van der Waals surface area (Å²) in [5.41, 5.74) is 3.53. The maximum atomic E-state index is 12.5. The van der Waals surface area contributed by atoms with Gasteiger partial charge < -0.3 is 14.8 Å². The molecule has 0 saturated carbocycles. The molecule has 5 heteroatoms.